The summed E-state index contributed by atoms with van der Waals surface area (Å²) in [6, 6.07) is 13.2. The van der Waals surface area contributed by atoms with Gasteiger partial charge in [-0.15, -0.1) is 0 Å². The SMILES string of the molecule is COc1cc(CNc2ccc(Cl)cc2Br)ccc1C#N. The van der Waals surface area contributed by atoms with E-state index >= 15 is 0 Å². The standard InChI is InChI=1S/C15H12BrClN2O/c1-20-15-6-10(2-3-11(15)8-18)9-19-14-5-4-12(17)7-13(14)16/h2-7,19H,9H2,1H3. The van der Waals surface area contributed by atoms with Gasteiger partial charge in [0.1, 0.15) is 11.8 Å². The van der Waals surface area contributed by atoms with Gasteiger partial charge in [0, 0.05) is 21.7 Å². The van der Waals surface area contributed by atoms with E-state index in [9.17, 15) is 0 Å². The van der Waals surface area contributed by atoms with E-state index in [1.807, 2.05) is 30.3 Å². The van der Waals surface area contributed by atoms with Gasteiger partial charge >= 0.3 is 0 Å². The van der Waals surface area contributed by atoms with Crippen LogP contribution in [0.5, 0.6) is 5.75 Å². The van der Waals surface area contributed by atoms with Gasteiger partial charge < -0.3 is 10.1 Å². The van der Waals surface area contributed by atoms with E-state index in [1.165, 1.54) is 0 Å². The summed E-state index contributed by atoms with van der Waals surface area (Å²) in [5.41, 5.74) is 2.52. The van der Waals surface area contributed by atoms with Crippen LogP contribution in [0.25, 0.3) is 0 Å². The molecule has 3 nitrogen and oxygen atoms in total. The van der Waals surface area contributed by atoms with Crippen molar-refractivity contribution in [1.82, 2.24) is 0 Å². The summed E-state index contributed by atoms with van der Waals surface area (Å²) in [6.45, 7) is 0.627. The maximum atomic E-state index is 8.95. The smallest absolute Gasteiger partial charge is 0.136 e. The van der Waals surface area contributed by atoms with Crippen LogP contribution >= 0.6 is 27.5 Å². The second-order valence-electron chi connectivity index (χ2n) is 4.12. The Bertz CT molecular complexity index is 667. The van der Waals surface area contributed by atoms with E-state index in [-0.39, 0.29) is 0 Å². The molecule has 102 valence electrons. The molecule has 0 spiro atoms. The summed E-state index contributed by atoms with van der Waals surface area (Å²) < 4.78 is 6.10. The molecule has 20 heavy (non-hydrogen) atoms. The van der Waals surface area contributed by atoms with Gasteiger partial charge in [0.2, 0.25) is 0 Å². The van der Waals surface area contributed by atoms with Gasteiger partial charge in [-0.1, -0.05) is 17.7 Å². The molecule has 0 bridgehead atoms. The van der Waals surface area contributed by atoms with Crippen LogP contribution < -0.4 is 10.1 Å². The summed E-state index contributed by atoms with van der Waals surface area (Å²) in [7, 11) is 1.56. The first-order valence-electron chi connectivity index (χ1n) is 5.90. The molecule has 0 heterocycles. The van der Waals surface area contributed by atoms with E-state index in [0.29, 0.717) is 22.9 Å². The number of anilines is 1. The number of nitrogens with one attached hydrogen (secondary N) is 1. The van der Waals surface area contributed by atoms with Crippen molar-refractivity contribution < 1.29 is 4.74 Å². The van der Waals surface area contributed by atoms with Crippen molar-refractivity contribution in [1.29, 1.82) is 5.26 Å². The molecule has 0 aliphatic heterocycles. The van der Waals surface area contributed by atoms with Crippen LogP contribution in [0.1, 0.15) is 11.1 Å². The third-order valence-corrected chi connectivity index (χ3v) is 3.69. The minimum Gasteiger partial charge on any atom is -0.495 e. The highest BCUT2D eigenvalue weighted by molar-refractivity contribution is 9.10. The summed E-state index contributed by atoms with van der Waals surface area (Å²) in [5.74, 6) is 0.585. The third kappa shape index (κ3) is 3.44. The number of ether oxygens (including phenoxy) is 1. The van der Waals surface area contributed by atoms with Gasteiger partial charge in [-0.25, -0.2) is 0 Å². The second kappa shape index (κ2) is 6.65. The van der Waals surface area contributed by atoms with E-state index in [2.05, 4.69) is 27.3 Å². The van der Waals surface area contributed by atoms with Crippen LogP contribution in [0.4, 0.5) is 5.69 Å². The van der Waals surface area contributed by atoms with Gasteiger partial charge in [0.25, 0.3) is 0 Å². The molecule has 0 saturated carbocycles. The summed E-state index contributed by atoms with van der Waals surface area (Å²) in [5, 5.41) is 12.9. The van der Waals surface area contributed by atoms with E-state index in [4.69, 9.17) is 21.6 Å². The van der Waals surface area contributed by atoms with Crippen molar-refractivity contribution >= 4 is 33.2 Å². The molecule has 0 saturated heterocycles. The maximum absolute atomic E-state index is 8.95. The molecule has 0 radical (unpaired) electrons. The van der Waals surface area contributed by atoms with Crippen LogP contribution in [0, 0.1) is 11.3 Å². The zero-order valence-electron chi connectivity index (χ0n) is 10.8. The molecular formula is C15H12BrClN2O. The Balaban J connectivity index is 2.13. The van der Waals surface area contributed by atoms with Crippen molar-refractivity contribution in [3.63, 3.8) is 0 Å². The number of methoxy groups -OCH3 is 1. The Morgan fingerprint density at radius 3 is 2.75 bits per heavy atom. The summed E-state index contributed by atoms with van der Waals surface area (Å²) in [6.07, 6.45) is 0. The Labute approximate surface area is 131 Å². The second-order valence-corrected chi connectivity index (χ2v) is 5.41. The first-order valence-corrected chi connectivity index (χ1v) is 7.07. The molecule has 0 amide bonds. The van der Waals surface area contributed by atoms with Crippen LogP contribution in [0.15, 0.2) is 40.9 Å². The lowest BCUT2D eigenvalue weighted by molar-refractivity contribution is 0.413. The van der Waals surface area contributed by atoms with Gasteiger partial charge in [-0.3, -0.25) is 0 Å². The van der Waals surface area contributed by atoms with Crippen LogP contribution in [0.2, 0.25) is 5.02 Å². The highest BCUT2D eigenvalue weighted by Crippen LogP contribution is 2.27. The monoisotopic (exact) mass is 350 g/mol. The lowest BCUT2D eigenvalue weighted by Crippen LogP contribution is -2.01. The third-order valence-electron chi connectivity index (χ3n) is 2.80. The number of nitriles is 1. The Hall–Kier alpha value is -1.70. The maximum Gasteiger partial charge on any atom is 0.136 e. The van der Waals surface area contributed by atoms with Crippen LogP contribution in [-0.2, 0) is 6.54 Å². The van der Waals surface area contributed by atoms with Crippen molar-refractivity contribution in [2.75, 3.05) is 12.4 Å². The number of nitrogens with zero attached hydrogens (tertiary/aromatic N) is 1. The van der Waals surface area contributed by atoms with Crippen molar-refractivity contribution in [3.8, 4) is 11.8 Å². The predicted octanol–water partition coefficient (Wildman–Crippen LogP) is 4.59. The molecule has 0 atom stereocenters. The van der Waals surface area contributed by atoms with Gasteiger partial charge in [0.05, 0.1) is 12.7 Å². The molecule has 2 rings (SSSR count). The van der Waals surface area contributed by atoms with Gasteiger partial charge in [-0.05, 0) is 51.8 Å². The molecule has 2 aromatic carbocycles. The highest BCUT2D eigenvalue weighted by Gasteiger charge is 2.05. The molecule has 0 aliphatic carbocycles. The molecular weight excluding hydrogens is 340 g/mol. The first-order chi connectivity index (χ1) is 9.63. The van der Waals surface area contributed by atoms with Crippen molar-refractivity contribution in [2.24, 2.45) is 0 Å². The molecule has 0 unspecified atom stereocenters. The van der Waals surface area contributed by atoms with E-state index in [1.54, 1.807) is 13.2 Å². The molecule has 1 N–H and O–H groups in total. The van der Waals surface area contributed by atoms with Crippen LogP contribution in [-0.4, -0.2) is 7.11 Å². The zero-order valence-corrected chi connectivity index (χ0v) is 13.1. The lowest BCUT2D eigenvalue weighted by Gasteiger charge is -2.10. The fraction of sp³-hybridized carbons (Fsp3) is 0.133. The predicted molar refractivity (Wildman–Crippen MR) is 84.2 cm³/mol. The number of hydrogen-bond donors (Lipinski definition) is 1. The Morgan fingerprint density at radius 1 is 1.30 bits per heavy atom. The fourth-order valence-electron chi connectivity index (χ4n) is 1.77. The first kappa shape index (κ1) is 14.7. The van der Waals surface area contributed by atoms with E-state index in [0.717, 1.165) is 15.7 Å². The minimum absolute atomic E-state index is 0.531. The highest BCUT2D eigenvalue weighted by atomic mass is 79.9. The van der Waals surface area contributed by atoms with Crippen molar-refractivity contribution in [2.45, 2.75) is 6.54 Å². The zero-order chi connectivity index (χ0) is 14.5. The Morgan fingerprint density at radius 2 is 2.10 bits per heavy atom. The average Bonchev–Trinajstić information content (AvgIpc) is 2.46. The number of halogens is 2. The molecule has 0 aliphatic rings. The van der Waals surface area contributed by atoms with E-state index < -0.39 is 0 Å². The van der Waals surface area contributed by atoms with Gasteiger partial charge in [0.15, 0.2) is 0 Å². The number of rotatable bonds is 4. The van der Waals surface area contributed by atoms with Crippen molar-refractivity contribution in [3.05, 3.63) is 57.0 Å². The van der Waals surface area contributed by atoms with Crippen LogP contribution in [0.3, 0.4) is 0 Å². The normalized spacial score (nSPS) is 9.90. The number of hydrogen-bond acceptors (Lipinski definition) is 3. The molecule has 2 aromatic rings. The topological polar surface area (TPSA) is 45.0 Å². The molecule has 0 fully saturated rings. The molecule has 5 heteroatoms. The fourth-order valence-corrected chi connectivity index (χ4v) is 2.59. The largest absolute Gasteiger partial charge is 0.495 e. The summed E-state index contributed by atoms with van der Waals surface area (Å²) >= 11 is 9.36. The van der Waals surface area contributed by atoms with Gasteiger partial charge in [-0.2, -0.15) is 5.26 Å². The quantitative estimate of drug-likeness (QED) is 0.876. The lowest BCUT2D eigenvalue weighted by atomic mass is 10.1. The Kier molecular flexibility index (Phi) is 4.89. The summed E-state index contributed by atoms with van der Waals surface area (Å²) in [4.78, 5) is 0. The minimum atomic E-state index is 0.531. The molecule has 0 aromatic heterocycles. The number of benzene rings is 2. The average molecular weight is 352 g/mol.